The number of aliphatic imine (C=N–C) groups is 1. The molecule has 0 aliphatic carbocycles. The number of fused-ring (bicyclic) bond motifs is 1. The fourth-order valence-electron chi connectivity index (χ4n) is 3.33. The Hall–Kier alpha value is -1.19. The van der Waals surface area contributed by atoms with Gasteiger partial charge in [-0.05, 0) is 37.3 Å². The summed E-state index contributed by atoms with van der Waals surface area (Å²) in [6.07, 6.45) is 5.29. The number of hydrogen-bond acceptors (Lipinski definition) is 4. The average molecular weight is 513 g/mol. The van der Waals surface area contributed by atoms with Gasteiger partial charge < -0.3 is 10.6 Å². The van der Waals surface area contributed by atoms with Crippen LogP contribution >= 0.6 is 35.3 Å². The van der Waals surface area contributed by atoms with Crippen molar-refractivity contribution in [2.24, 2.45) is 4.99 Å². The summed E-state index contributed by atoms with van der Waals surface area (Å²) >= 11 is 1.75. The Morgan fingerprint density at radius 1 is 1.21 bits per heavy atom. The van der Waals surface area contributed by atoms with Crippen LogP contribution in [0.25, 0.3) is 0 Å². The minimum absolute atomic E-state index is 0. The first kappa shape index (κ1) is 23.1. The van der Waals surface area contributed by atoms with E-state index >= 15 is 0 Å². The molecule has 0 fully saturated rings. The van der Waals surface area contributed by atoms with Crippen LogP contribution in [0.15, 0.2) is 35.5 Å². The summed E-state index contributed by atoms with van der Waals surface area (Å²) in [5.74, 6) is 0.884. The van der Waals surface area contributed by atoms with Crippen LogP contribution in [0.2, 0.25) is 0 Å². The highest BCUT2D eigenvalue weighted by atomic mass is 127. The van der Waals surface area contributed by atoms with Crippen LogP contribution in [-0.4, -0.2) is 42.0 Å². The maximum absolute atomic E-state index is 4.67. The summed E-state index contributed by atoms with van der Waals surface area (Å²) in [6.45, 7) is 10.1. The number of rotatable bonds is 8. The zero-order valence-electron chi connectivity index (χ0n) is 16.9. The van der Waals surface area contributed by atoms with Crippen LogP contribution in [0.4, 0.5) is 0 Å². The summed E-state index contributed by atoms with van der Waals surface area (Å²) in [4.78, 5) is 13.0. The van der Waals surface area contributed by atoms with Crippen molar-refractivity contribution in [1.29, 1.82) is 0 Å². The van der Waals surface area contributed by atoms with Gasteiger partial charge in [-0.2, -0.15) is 0 Å². The molecule has 0 amide bonds. The SMILES string of the molecule is CCNC(=NCc1ncc(CC)s1)NCCCN1CCc2ccccc2C1.I. The second-order valence-electron chi connectivity index (χ2n) is 6.84. The number of guanidine groups is 1. The molecule has 154 valence electrons. The van der Waals surface area contributed by atoms with E-state index in [9.17, 15) is 0 Å². The smallest absolute Gasteiger partial charge is 0.191 e. The molecule has 0 unspecified atom stereocenters. The maximum atomic E-state index is 4.67. The molecular formula is C21H32IN5S. The number of aryl methyl sites for hydroxylation is 1. The summed E-state index contributed by atoms with van der Waals surface area (Å²) in [5.41, 5.74) is 3.00. The van der Waals surface area contributed by atoms with Crippen LogP contribution in [-0.2, 0) is 25.9 Å². The van der Waals surface area contributed by atoms with Gasteiger partial charge in [-0.1, -0.05) is 31.2 Å². The number of thiazole rings is 1. The number of halogens is 1. The van der Waals surface area contributed by atoms with Gasteiger partial charge in [-0.15, -0.1) is 35.3 Å². The molecule has 2 N–H and O–H groups in total. The van der Waals surface area contributed by atoms with Crippen molar-refractivity contribution in [2.75, 3.05) is 26.2 Å². The molecule has 0 bridgehead atoms. The van der Waals surface area contributed by atoms with Crippen LogP contribution in [0, 0.1) is 0 Å². The fraction of sp³-hybridized carbons (Fsp3) is 0.524. The van der Waals surface area contributed by atoms with E-state index in [2.05, 4.69) is 63.6 Å². The minimum atomic E-state index is 0. The molecule has 1 aliphatic heterocycles. The van der Waals surface area contributed by atoms with E-state index in [1.807, 2.05) is 6.20 Å². The van der Waals surface area contributed by atoms with E-state index in [4.69, 9.17) is 0 Å². The second kappa shape index (κ2) is 12.4. The van der Waals surface area contributed by atoms with E-state index in [1.54, 1.807) is 11.3 Å². The van der Waals surface area contributed by atoms with Crippen LogP contribution in [0.3, 0.4) is 0 Å². The van der Waals surface area contributed by atoms with Gasteiger partial charge in [-0.25, -0.2) is 9.98 Å². The van der Waals surface area contributed by atoms with Gasteiger partial charge in [0.25, 0.3) is 0 Å². The first-order valence-corrected chi connectivity index (χ1v) is 10.8. The standard InChI is InChI=1S/C21H31N5S.HI/c1-3-19-14-24-20(27-19)15-25-21(22-4-2)23-11-7-12-26-13-10-17-8-5-6-9-18(17)16-26;/h5-6,8-9,14H,3-4,7,10-13,15-16H2,1-2H3,(H2,22,23,25);1H. The van der Waals surface area contributed by atoms with Crippen LogP contribution < -0.4 is 10.6 Å². The summed E-state index contributed by atoms with van der Waals surface area (Å²) in [5, 5.41) is 7.87. The normalized spacial score (nSPS) is 14.3. The Labute approximate surface area is 190 Å². The summed E-state index contributed by atoms with van der Waals surface area (Å²) < 4.78 is 0. The van der Waals surface area contributed by atoms with Crippen molar-refractivity contribution in [3.8, 4) is 0 Å². The highest BCUT2D eigenvalue weighted by Gasteiger charge is 2.14. The Morgan fingerprint density at radius 3 is 2.79 bits per heavy atom. The Morgan fingerprint density at radius 2 is 2.04 bits per heavy atom. The largest absolute Gasteiger partial charge is 0.357 e. The number of hydrogen-bond donors (Lipinski definition) is 2. The highest BCUT2D eigenvalue weighted by molar-refractivity contribution is 14.0. The van der Waals surface area contributed by atoms with Gasteiger partial charge in [0.15, 0.2) is 5.96 Å². The molecule has 3 rings (SSSR count). The number of benzene rings is 1. The third kappa shape index (κ3) is 7.00. The Balaban J connectivity index is 0.00000280. The minimum Gasteiger partial charge on any atom is -0.357 e. The molecule has 2 aromatic rings. The van der Waals surface area contributed by atoms with Gasteiger partial charge >= 0.3 is 0 Å². The predicted molar refractivity (Wildman–Crippen MR) is 130 cm³/mol. The monoisotopic (exact) mass is 513 g/mol. The number of aromatic nitrogens is 1. The average Bonchev–Trinajstić information content (AvgIpc) is 3.17. The lowest BCUT2D eigenvalue weighted by atomic mass is 10.00. The molecule has 5 nitrogen and oxygen atoms in total. The molecular weight excluding hydrogens is 481 g/mol. The molecule has 0 radical (unpaired) electrons. The Kier molecular flexibility index (Phi) is 10.2. The first-order valence-electron chi connectivity index (χ1n) is 10.0. The molecule has 2 heterocycles. The van der Waals surface area contributed by atoms with Gasteiger partial charge in [0, 0.05) is 43.8 Å². The summed E-state index contributed by atoms with van der Waals surface area (Å²) in [7, 11) is 0. The number of nitrogens with zero attached hydrogens (tertiary/aromatic N) is 3. The van der Waals surface area contributed by atoms with E-state index < -0.39 is 0 Å². The zero-order chi connectivity index (χ0) is 18.9. The molecule has 1 aromatic heterocycles. The van der Waals surface area contributed by atoms with Gasteiger partial charge in [-0.3, -0.25) is 4.90 Å². The van der Waals surface area contributed by atoms with E-state index in [0.29, 0.717) is 6.54 Å². The van der Waals surface area contributed by atoms with Crippen molar-refractivity contribution in [3.05, 3.63) is 51.5 Å². The highest BCUT2D eigenvalue weighted by Crippen LogP contribution is 2.18. The quantitative estimate of drug-likeness (QED) is 0.244. The van der Waals surface area contributed by atoms with Crippen LogP contribution in [0.5, 0.6) is 0 Å². The lowest BCUT2D eigenvalue weighted by molar-refractivity contribution is 0.251. The zero-order valence-corrected chi connectivity index (χ0v) is 20.1. The maximum Gasteiger partial charge on any atom is 0.191 e. The predicted octanol–water partition coefficient (Wildman–Crippen LogP) is 3.83. The van der Waals surface area contributed by atoms with Crippen molar-refractivity contribution >= 4 is 41.3 Å². The second-order valence-corrected chi connectivity index (χ2v) is 8.04. The topological polar surface area (TPSA) is 52.6 Å². The molecule has 0 spiro atoms. The van der Waals surface area contributed by atoms with Gasteiger partial charge in [0.2, 0.25) is 0 Å². The molecule has 0 saturated heterocycles. The molecule has 0 saturated carbocycles. The lowest BCUT2D eigenvalue weighted by Gasteiger charge is -2.28. The fourth-order valence-corrected chi connectivity index (χ4v) is 4.11. The van der Waals surface area contributed by atoms with Crippen molar-refractivity contribution in [3.63, 3.8) is 0 Å². The molecule has 1 aromatic carbocycles. The van der Waals surface area contributed by atoms with Crippen molar-refractivity contribution in [2.45, 2.75) is 46.2 Å². The Bertz CT molecular complexity index is 746. The van der Waals surface area contributed by atoms with Gasteiger partial charge in [0.1, 0.15) is 5.01 Å². The summed E-state index contributed by atoms with van der Waals surface area (Å²) in [6, 6.07) is 8.82. The van der Waals surface area contributed by atoms with Crippen LogP contribution in [0.1, 0.15) is 41.3 Å². The van der Waals surface area contributed by atoms with Crippen molar-refractivity contribution in [1.82, 2.24) is 20.5 Å². The molecule has 28 heavy (non-hydrogen) atoms. The molecule has 7 heteroatoms. The van der Waals surface area contributed by atoms with Gasteiger partial charge in [0.05, 0.1) is 6.54 Å². The van der Waals surface area contributed by atoms with Crippen molar-refractivity contribution < 1.29 is 0 Å². The lowest BCUT2D eigenvalue weighted by Crippen LogP contribution is -2.39. The third-order valence-electron chi connectivity index (χ3n) is 4.82. The first-order chi connectivity index (χ1) is 13.3. The third-order valence-corrected chi connectivity index (χ3v) is 5.95. The van der Waals surface area contributed by atoms with E-state index in [-0.39, 0.29) is 24.0 Å². The number of nitrogens with one attached hydrogen (secondary N) is 2. The molecule has 1 aliphatic rings. The molecule has 0 atom stereocenters. The van der Waals surface area contributed by atoms with E-state index in [1.165, 1.54) is 22.4 Å². The van der Waals surface area contributed by atoms with E-state index in [0.717, 1.165) is 56.5 Å².